The van der Waals surface area contributed by atoms with Gasteiger partial charge in [-0.15, -0.1) is 0 Å². The monoisotopic (exact) mass is 417 g/mol. The van der Waals surface area contributed by atoms with Gasteiger partial charge >= 0.3 is 5.97 Å². The Bertz CT molecular complexity index is 1100. The summed E-state index contributed by atoms with van der Waals surface area (Å²) in [6.07, 6.45) is 1.51. The van der Waals surface area contributed by atoms with Gasteiger partial charge in [-0.2, -0.15) is 0 Å². The summed E-state index contributed by atoms with van der Waals surface area (Å²) < 4.78 is 11.0. The van der Waals surface area contributed by atoms with Gasteiger partial charge in [-0.3, -0.25) is 0 Å². The van der Waals surface area contributed by atoms with Crippen molar-refractivity contribution in [2.24, 2.45) is 4.99 Å². The van der Waals surface area contributed by atoms with Crippen molar-refractivity contribution >= 4 is 52.7 Å². The minimum Gasteiger partial charge on any atom is -0.457 e. The van der Waals surface area contributed by atoms with Crippen LogP contribution in [0.25, 0.3) is 17.4 Å². The normalized spacial score (nSPS) is 15.1. The van der Waals surface area contributed by atoms with E-state index in [9.17, 15) is 4.79 Å². The molecule has 0 bridgehead atoms. The molecule has 0 spiro atoms. The highest BCUT2D eigenvalue weighted by molar-refractivity contribution is 6.44. The van der Waals surface area contributed by atoms with Crippen LogP contribution in [0.4, 0.5) is 0 Å². The van der Waals surface area contributed by atoms with Crippen molar-refractivity contribution in [3.05, 3.63) is 86.7 Å². The third-order valence-corrected chi connectivity index (χ3v) is 4.86. The largest absolute Gasteiger partial charge is 0.457 e. The smallest absolute Gasteiger partial charge is 0.363 e. The number of ether oxygens (including phenoxy) is 1. The van der Waals surface area contributed by atoms with E-state index in [2.05, 4.69) is 4.99 Å². The molecule has 0 fully saturated rings. The fourth-order valence-corrected chi connectivity index (χ4v) is 3.17. The number of cyclic esters (lactones) is 1. The van der Waals surface area contributed by atoms with E-state index in [0.717, 1.165) is 5.56 Å². The van der Waals surface area contributed by atoms with Gasteiger partial charge in [0.15, 0.2) is 5.70 Å². The molecule has 3 aromatic rings. The standard InChI is InChI=1S/C20H10Cl3NO3/c21-14-10-16(23)15(22)9-13(14)18-7-6-12(26-18)8-17-20(25)27-19(24-17)11-4-2-1-3-5-11/h1-10H/b17-8-. The van der Waals surface area contributed by atoms with E-state index in [4.69, 9.17) is 44.0 Å². The van der Waals surface area contributed by atoms with Crippen LogP contribution in [-0.4, -0.2) is 11.9 Å². The van der Waals surface area contributed by atoms with E-state index in [1.54, 1.807) is 24.3 Å². The first-order valence-corrected chi connectivity index (χ1v) is 8.97. The minimum absolute atomic E-state index is 0.148. The number of hydrogen-bond donors (Lipinski definition) is 0. The van der Waals surface area contributed by atoms with Crippen molar-refractivity contribution in [3.8, 4) is 11.3 Å². The summed E-state index contributed by atoms with van der Waals surface area (Å²) in [7, 11) is 0. The molecule has 1 aliphatic rings. The number of aliphatic imine (C=N–C) groups is 1. The molecule has 27 heavy (non-hydrogen) atoms. The lowest BCUT2D eigenvalue weighted by Gasteiger charge is -2.03. The molecule has 1 aliphatic heterocycles. The Morgan fingerprint density at radius 2 is 1.63 bits per heavy atom. The number of furan rings is 1. The Kier molecular flexibility index (Phi) is 4.79. The van der Waals surface area contributed by atoms with Gasteiger partial charge in [-0.1, -0.05) is 53.0 Å². The SMILES string of the molecule is O=C1OC(c2ccccc2)=N/C1=C\c1ccc(-c2cc(Cl)c(Cl)cc2Cl)o1. The van der Waals surface area contributed by atoms with Crippen LogP contribution in [-0.2, 0) is 9.53 Å². The van der Waals surface area contributed by atoms with Crippen LogP contribution in [0.1, 0.15) is 11.3 Å². The highest BCUT2D eigenvalue weighted by Crippen LogP contribution is 2.36. The van der Waals surface area contributed by atoms with Gasteiger partial charge in [0, 0.05) is 17.2 Å². The van der Waals surface area contributed by atoms with Gasteiger partial charge in [0.05, 0.1) is 15.1 Å². The fourth-order valence-electron chi connectivity index (χ4n) is 2.53. The molecule has 1 aromatic heterocycles. The molecular formula is C20H10Cl3NO3. The third kappa shape index (κ3) is 3.65. The fraction of sp³-hybridized carbons (Fsp3) is 0. The highest BCUT2D eigenvalue weighted by atomic mass is 35.5. The van der Waals surface area contributed by atoms with Crippen molar-refractivity contribution in [1.82, 2.24) is 0 Å². The zero-order valence-corrected chi connectivity index (χ0v) is 15.8. The van der Waals surface area contributed by atoms with E-state index in [-0.39, 0.29) is 11.6 Å². The number of benzene rings is 2. The first-order valence-electron chi connectivity index (χ1n) is 7.84. The summed E-state index contributed by atoms with van der Waals surface area (Å²) in [5.74, 6) is 0.631. The number of hydrogen-bond acceptors (Lipinski definition) is 4. The number of halogens is 3. The summed E-state index contributed by atoms with van der Waals surface area (Å²) in [5.41, 5.74) is 1.46. The minimum atomic E-state index is -0.542. The number of esters is 1. The van der Waals surface area contributed by atoms with E-state index in [0.29, 0.717) is 32.2 Å². The maximum Gasteiger partial charge on any atom is 0.363 e. The number of carbonyl (C=O) groups excluding carboxylic acids is 1. The molecule has 0 N–H and O–H groups in total. The van der Waals surface area contributed by atoms with E-state index >= 15 is 0 Å². The lowest BCUT2D eigenvalue weighted by Crippen LogP contribution is -2.04. The van der Waals surface area contributed by atoms with Crippen LogP contribution in [0, 0.1) is 0 Å². The maximum atomic E-state index is 12.1. The zero-order chi connectivity index (χ0) is 19.0. The van der Waals surface area contributed by atoms with Gasteiger partial charge in [0.1, 0.15) is 11.5 Å². The van der Waals surface area contributed by atoms with Crippen LogP contribution in [0.15, 0.2) is 69.7 Å². The molecular weight excluding hydrogens is 409 g/mol. The molecule has 0 saturated heterocycles. The van der Waals surface area contributed by atoms with Gasteiger partial charge in [0.25, 0.3) is 0 Å². The van der Waals surface area contributed by atoms with Crippen molar-refractivity contribution in [2.75, 3.05) is 0 Å². The second kappa shape index (κ2) is 7.24. The van der Waals surface area contributed by atoms with E-state index in [1.165, 1.54) is 6.08 Å². The first-order chi connectivity index (χ1) is 13.0. The maximum absolute atomic E-state index is 12.1. The Morgan fingerprint density at radius 1 is 0.889 bits per heavy atom. The molecule has 7 heteroatoms. The quantitative estimate of drug-likeness (QED) is 0.287. The van der Waals surface area contributed by atoms with Crippen molar-refractivity contribution in [2.45, 2.75) is 0 Å². The molecule has 0 unspecified atom stereocenters. The van der Waals surface area contributed by atoms with Crippen molar-refractivity contribution in [3.63, 3.8) is 0 Å². The summed E-state index contributed by atoms with van der Waals surface area (Å²) in [6.45, 7) is 0. The summed E-state index contributed by atoms with van der Waals surface area (Å²) in [4.78, 5) is 16.3. The van der Waals surface area contributed by atoms with Crippen LogP contribution in [0.3, 0.4) is 0 Å². The topological polar surface area (TPSA) is 51.8 Å². The van der Waals surface area contributed by atoms with Gasteiger partial charge in [0.2, 0.25) is 5.90 Å². The molecule has 4 nitrogen and oxygen atoms in total. The zero-order valence-electron chi connectivity index (χ0n) is 13.6. The summed E-state index contributed by atoms with van der Waals surface area (Å²) in [6, 6.07) is 15.8. The van der Waals surface area contributed by atoms with Gasteiger partial charge < -0.3 is 9.15 Å². The average Bonchev–Trinajstić information content (AvgIpc) is 3.26. The average molecular weight is 419 g/mol. The number of nitrogens with zero attached hydrogens (tertiary/aromatic N) is 1. The molecule has 0 atom stereocenters. The van der Waals surface area contributed by atoms with Crippen molar-refractivity contribution < 1.29 is 13.9 Å². The molecule has 2 heterocycles. The summed E-state index contributed by atoms with van der Waals surface area (Å²) in [5, 5.41) is 1.13. The Hall–Kier alpha value is -2.53. The lowest BCUT2D eigenvalue weighted by atomic mass is 10.2. The van der Waals surface area contributed by atoms with Gasteiger partial charge in [-0.05, 0) is 36.4 Å². The van der Waals surface area contributed by atoms with E-state index in [1.807, 2.05) is 30.3 Å². The Balaban J connectivity index is 1.65. The molecule has 4 rings (SSSR count). The van der Waals surface area contributed by atoms with Crippen LogP contribution in [0.2, 0.25) is 15.1 Å². The predicted octanol–water partition coefficient (Wildman–Crippen LogP) is 6.25. The second-order valence-corrected chi connectivity index (χ2v) is 6.87. The molecule has 0 radical (unpaired) electrons. The number of carbonyl (C=O) groups is 1. The van der Waals surface area contributed by atoms with Crippen LogP contribution >= 0.6 is 34.8 Å². The Labute approximate surface area is 169 Å². The third-order valence-electron chi connectivity index (χ3n) is 3.82. The van der Waals surface area contributed by atoms with Crippen molar-refractivity contribution in [1.29, 1.82) is 0 Å². The molecule has 0 amide bonds. The molecule has 0 saturated carbocycles. The molecule has 134 valence electrons. The predicted molar refractivity (Wildman–Crippen MR) is 106 cm³/mol. The highest BCUT2D eigenvalue weighted by Gasteiger charge is 2.24. The summed E-state index contributed by atoms with van der Waals surface area (Å²) >= 11 is 18.2. The number of rotatable bonds is 3. The molecule has 2 aromatic carbocycles. The van der Waals surface area contributed by atoms with Crippen LogP contribution in [0.5, 0.6) is 0 Å². The molecule has 0 aliphatic carbocycles. The lowest BCUT2D eigenvalue weighted by molar-refractivity contribution is -0.129. The van der Waals surface area contributed by atoms with Crippen LogP contribution < -0.4 is 0 Å². The second-order valence-electron chi connectivity index (χ2n) is 5.65. The van der Waals surface area contributed by atoms with E-state index < -0.39 is 5.97 Å². The Morgan fingerprint density at radius 3 is 2.41 bits per heavy atom. The van der Waals surface area contributed by atoms with Gasteiger partial charge in [-0.25, -0.2) is 9.79 Å². The first kappa shape index (κ1) is 17.9.